The number of rotatable bonds is 8. The number of ether oxygens (including phenoxy) is 1. The smallest absolute Gasteiger partial charge is 0.224 e. The van der Waals surface area contributed by atoms with Gasteiger partial charge in [-0.2, -0.15) is 0 Å². The summed E-state index contributed by atoms with van der Waals surface area (Å²) in [6.45, 7) is 4.67. The number of H-pyrrole nitrogens is 1. The van der Waals surface area contributed by atoms with Gasteiger partial charge in [-0.3, -0.25) is 4.79 Å². The number of hydrogen-bond donors (Lipinski definition) is 3. The summed E-state index contributed by atoms with van der Waals surface area (Å²) in [5, 5.41) is 13.5. The van der Waals surface area contributed by atoms with E-state index in [1.165, 1.54) is 0 Å². The van der Waals surface area contributed by atoms with Crippen LogP contribution in [-0.4, -0.2) is 36.3 Å². The van der Waals surface area contributed by atoms with Gasteiger partial charge in [0.25, 0.3) is 0 Å². The quantitative estimate of drug-likeness (QED) is 0.700. The Bertz CT molecular complexity index is 651. The molecule has 0 radical (unpaired) electrons. The van der Waals surface area contributed by atoms with Gasteiger partial charge in [0.05, 0.1) is 20.1 Å². The molecule has 0 aliphatic rings. The van der Waals surface area contributed by atoms with Crippen molar-refractivity contribution in [3.8, 4) is 5.75 Å². The van der Waals surface area contributed by atoms with Crippen LogP contribution in [0.1, 0.15) is 32.3 Å². The van der Waals surface area contributed by atoms with Gasteiger partial charge in [0.1, 0.15) is 5.75 Å². The van der Waals surface area contributed by atoms with E-state index in [0.29, 0.717) is 13.0 Å². The van der Waals surface area contributed by atoms with Crippen molar-refractivity contribution in [1.29, 1.82) is 0 Å². The second-order valence-corrected chi connectivity index (χ2v) is 6.04. The lowest BCUT2D eigenvalue weighted by Crippen LogP contribution is -2.39. The Balaban J connectivity index is 2.06. The normalized spacial score (nSPS) is 11.7. The van der Waals surface area contributed by atoms with E-state index in [9.17, 15) is 9.90 Å². The highest BCUT2D eigenvalue weighted by atomic mass is 16.5. The number of aromatic nitrogens is 1. The molecule has 0 atom stereocenters. The monoisotopic (exact) mass is 318 g/mol. The van der Waals surface area contributed by atoms with Gasteiger partial charge in [0.15, 0.2) is 0 Å². The molecule has 0 bridgehead atoms. The zero-order valence-electron chi connectivity index (χ0n) is 14.1. The average Bonchev–Trinajstić information content (AvgIpc) is 2.98. The van der Waals surface area contributed by atoms with Crippen molar-refractivity contribution in [3.63, 3.8) is 0 Å². The van der Waals surface area contributed by atoms with Crippen LogP contribution < -0.4 is 10.1 Å². The van der Waals surface area contributed by atoms with Gasteiger partial charge >= 0.3 is 0 Å². The summed E-state index contributed by atoms with van der Waals surface area (Å²) < 4.78 is 5.25. The SMILES string of the molecule is CCC(CC)(CO)CNC(=O)Cc1c[nH]c2ccc(OC)cc12. The molecule has 1 heterocycles. The lowest BCUT2D eigenvalue weighted by Gasteiger charge is -2.29. The second kappa shape index (κ2) is 7.51. The van der Waals surface area contributed by atoms with Gasteiger partial charge in [-0.1, -0.05) is 13.8 Å². The number of carbonyl (C=O) groups is 1. The molecular weight excluding hydrogens is 292 g/mol. The molecule has 126 valence electrons. The third-order valence-corrected chi connectivity index (χ3v) is 4.82. The number of fused-ring (bicyclic) bond motifs is 1. The van der Waals surface area contributed by atoms with Crippen LogP contribution in [0.4, 0.5) is 0 Å². The first-order valence-corrected chi connectivity index (χ1v) is 8.09. The van der Waals surface area contributed by atoms with Crippen LogP contribution >= 0.6 is 0 Å². The molecule has 0 saturated carbocycles. The molecule has 5 nitrogen and oxygen atoms in total. The van der Waals surface area contributed by atoms with Gasteiger partial charge in [-0.25, -0.2) is 0 Å². The summed E-state index contributed by atoms with van der Waals surface area (Å²) in [6.07, 6.45) is 3.85. The first-order chi connectivity index (χ1) is 11.1. The van der Waals surface area contributed by atoms with E-state index in [2.05, 4.69) is 10.3 Å². The van der Waals surface area contributed by atoms with E-state index < -0.39 is 0 Å². The molecule has 2 aromatic rings. The summed E-state index contributed by atoms with van der Waals surface area (Å²) in [5.41, 5.74) is 1.71. The van der Waals surface area contributed by atoms with Crippen molar-refractivity contribution in [1.82, 2.24) is 10.3 Å². The number of nitrogens with one attached hydrogen (secondary N) is 2. The Morgan fingerprint density at radius 1 is 1.35 bits per heavy atom. The summed E-state index contributed by atoms with van der Waals surface area (Å²) >= 11 is 0. The topological polar surface area (TPSA) is 74.4 Å². The number of carbonyl (C=O) groups excluding carboxylic acids is 1. The van der Waals surface area contributed by atoms with Crippen LogP contribution in [0.5, 0.6) is 5.75 Å². The van der Waals surface area contributed by atoms with Crippen molar-refractivity contribution in [3.05, 3.63) is 30.0 Å². The number of aliphatic hydroxyl groups is 1. The Morgan fingerprint density at radius 2 is 2.09 bits per heavy atom. The first kappa shape index (κ1) is 17.3. The second-order valence-electron chi connectivity index (χ2n) is 6.04. The molecule has 1 aromatic carbocycles. The molecule has 23 heavy (non-hydrogen) atoms. The average molecular weight is 318 g/mol. The highest BCUT2D eigenvalue weighted by Crippen LogP contribution is 2.25. The molecule has 3 N–H and O–H groups in total. The number of methoxy groups -OCH3 is 1. The van der Waals surface area contributed by atoms with E-state index >= 15 is 0 Å². The number of aliphatic hydroxyl groups excluding tert-OH is 1. The lowest BCUT2D eigenvalue weighted by atomic mass is 9.83. The number of hydrogen-bond acceptors (Lipinski definition) is 3. The minimum absolute atomic E-state index is 0.0338. The van der Waals surface area contributed by atoms with Gasteiger partial charge in [0, 0.05) is 29.1 Å². The van der Waals surface area contributed by atoms with Crippen molar-refractivity contribution in [2.45, 2.75) is 33.1 Å². The van der Waals surface area contributed by atoms with Crippen molar-refractivity contribution < 1.29 is 14.6 Å². The van der Waals surface area contributed by atoms with Gasteiger partial charge in [-0.05, 0) is 36.6 Å². The summed E-state index contributed by atoms with van der Waals surface area (Å²) in [4.78, 5) is 15.4. The maximum atomic E-state index is 12.3. The number of benzene rings is 1. The molecule has 5 heteroatoms. The van der Waals surface area contributed by atoms with Crippen LogP contribution in [0.25, 0.3) is 10.9 Å². The molecule has 0 aliphatic carbocycles. The minimum atomic E-state index is -0.223. The highest BCUT2D eigenvalue weighted by Gasteiger charge is 2.25. The predicted molar refractivity (Wildman–Crippen MR) is 91.7 cm³/mol. The molecule has 0 saturated heterocycles. The molecule has 0 spiro atoms. The van der Waals surface area contributed by atoms with Crippen LogP contribution in [0.3, 0.4) is 0 Å². The van der Waals surface area contributed by atoms with Crippen molar-refractivity contribution in [2.75, 3.05) is 20.3 Å². The van der Waals surface area contributed by atoms with E-state index in [1.54, 1.807) is 7.11 Å². The fourth-order valence-corrected chi connectivity index (χ4v) is 2.73. The fraction of sp³-hybridized carbons (Fsp3) is 0.500. The third-order valence-electron chi connectivity index (χ3n) is 4.82. The molecule has 0 unspecified atom stereocenters. The molecule has 1 aromatic heterocycles. The van der Waals surface area contributed by atoms with E-state index in [0.717, 1.165) is 35.1 Å². The Kier molecular flexibility index (Phi) is 5.66. The number of aromatic amines is 1. The van der Waals surface area contributed by atoms with Crippen molar-refractivity contribution >= 4 is 16.8 Å². The Labute approximate surface area is 137 Å². The Hall–Kier alpha value is -2.01. The van der Waals surface area contributed by atoms with Crippen molar-refractivity contribution in [2.24, 2.45) is 5.41 Å². The van der Waals surface area contributed by atoms with Crippen LogP contribution in [-0.2, 0) is 11.2 Å². The van der Waals surface area contributed by atoms with E-state index in [1.807, 2.05) is 38.2 Å². The van der Waals surface area contributed by atoms with Crippen LogP contribution in [0.15, 0.2) is 24.4 Å². The van der Waals surface area contributed by atoms with E-state index in [-0.39, 0.29) is 17.9 Å². The summed E-state index contributed by atoms with van der Waals surface area (Å²) in [6, 6.07) is 5.77. The molecule has 1 amide bonds. The Morgan fingerprint density at radius 3 is 2.70 bits per heavy atom. The predicted octanol–water partition coefficient (Wildman–Crippen LogP) is 2.63. The van der Waals surface area contributed by atoms with Gasteiger partial charge in [-0.15, -0.1) is 0 Å². The maximum Gasteiger partial charge on any atom is 0.224 e. The molecule has 2 rings (SSSR count). The first-order valence-electron chi connectivity index (χ1n) is 8.09. The summed E-state index contributed by atoms with van der Waals surface area (Å²) in [5.74, 6) is 0.739. The van der Waals surface area contributed by atoms with Gasteiger partial charge < -0.3 is 20.1 Å². The van der Waals surface area contributed by atoms with E-state index in [4.69, 9.17) is 4.74 Å². The standard InChI is InChI=1S/C18H26N2O3/c1-4-18(5-2,12-21)11-20-17(22)8-13-10-19-16-7-6-14(23-3)9-15(13)16/h6-7,9-10,19,21H,4-5,8,11-12H2,1-3H3,(H,20,22). The fourth-order valence-electron chi connectivity index (χ4n) is 2.73. The van der Waals surface area contributed by atoms with Crippen LogP contribution in [0, 0.1) is 5.41 Å². The maximum absolute atomic E-state index is 12.3. The minimum Gasteiger partial charge on any atom is -0.497 e. The lowest BCUT2D eigenvalue weighted by molar-refractivity contribution is -0.121. The van der Waals surface area contributed by atoms with Crippen LogP contribution in [0.2, 0.25) is 0 Å². The summed E-state index contributed by atoms with van der Waals surface area (Å²) in [7, 11) is 1.63. The zero-order valence-corrected chi connectivity index (χ0v) is 14.1. The molecular formula is C18H26N2O3. The number of amides is 1. The zero-order chi connectivity index (χ0) is 16.9. The molecule has 0 aliphatic heterocycles. The third kappa shape index (κ3) is 3.85. The molecule has 0 fully saturated rings. The largest absolute Gasteiger partial charge is 0.497 e. The highest BCUT2D eigenvalue weighted by molar-refractivity contribution is 5.89. The van der Waals surface area contributed by atoms with Gasteiger partial charge in [0.2, 0.25) is 5.91 Å².